The van der Waals surface area contributed by atoms with Crippen LogP contribution in [-0.4, -0.2) is 28.3 Å². The minimum Gasteiger partial charge on any atom is -0.490 e. The van der Waals surface area contributed by atoms with Crippen LogP contribution in [-0.2, 0) is 11.4 Å². The van der Waals surface area contributed by atoms with E-state index in [9.17, 15) is 4.79 Å². The summed E-state index contributed by atoms with van der Waals surface area (Å²) in [4.78, 5) is 14.6. The Morgan fingerprint density at radius 2 is 2.03 bits per heavy atom. The zero-order valence-electron chi connectivity index (χ0n) is 16.8. The normalized spacial score (nSPS) is 15.0. The molecule has 30 heavy (non-hydrogen) atoms. The molecule has 1 heterocycles. The Bertz CT molecular complexity index is 1020. The molecule has 0 aromatic heterocycles. The molecule has 2 aromatic carbocycles. The standard InChI is InChI=1S/C23H22ClNO3S2/c1-4-10-25-22(26)20(30-23(25)29)13-16-11-18(24)21(19(12-16)27-5-2)28-14-17-9-7-6-8-15(17)3/h4,6-9,11-13H,1,5,10,14H2,2-3H3/b20-13-. The van der Waals surface area contributed by atoms with Crippen LogP contribution in [0.1, 0.15) is 23.6 Å². The van der Waals surface area contributed by atoms with Gasteiger partial charge in [-0.3, -0.25) is 9.69 Å². The van der Waals surface area contributed by atoms with Gasteiger partial charge in [0.05, 0.1) is 16.5 Å². The van der Waals surface area contributed by atoms with Gasteiger partial charge in [-0.25, -0.2) is 0 Å². The molecule has 0 N–H and O–H groups in total. The molecule has 0 aliphatic carbocycles. The molecule has 0 atom stereocenters. The van der Waals surface area contributed by atoms with Gasteiger partial charge in [-0.1, -0.05) is 65.9 Å². The highest BCUT2D eigenvalue weighted by Crippen LogP contribution is 2.39. The minimum atomic E-state index is -0.140. The summed E-state index contributed by atoms with van der Waals surface area (Å²) in [6, 6.07) is 11.6. The number of carbonyl (C=O) groups is 1. The van der Waals surface area contributed by atoms with Gasteiger partial charge < -0.3 is 9.47 Å². The number of carbonyl (C=O) groups excluding carboxylic acids is 1. The summed E-state index contributed by atoms with van der Waals surface area (Å²) in [5.74, 6) is 0.878. The summed E-state index contributed by atoms with van der Waals surface area (Å²) >= 11 is 13.1. The number of nitrogens with zero attached hydrogens (tertiary/aromatic N) is 1. The topological polar surface area (TPSA) is 38.8 Å². The maximum atomic E-state index is 12.6. The summed E-state index contributed by atoms with van der Waals surface area (Å²) in [6.07, 6.45) is 3.42. The monoisotopic (exact) mass is 459 g/mol. The average Bonchev–Trinajstić information content (AvgIpc) is 2.96. The third kappa shape index (κ3) is 5.06. The van der Waals surface area contributed by atoms with Crippen LogP contribution >= 0.6 is 35.6 Å². The second-order valence-corrected chi connectivity index (χ2v) is 8.64. The molecular formula is C23H22ClNO3S2. The van der Waals surface area contributed by atoms with Crippen LogP contribution in [0.4, 0.5) is 0 Å². The van der Waals surface area contributed by atoms with Gasteiger partial charge in [0.15, 0.2) is 11.5 Å². The number of rotatable bonds is 8. The maximum Gasteiger partial charge on any atom is 0.266 e. The van der Waals surface area contributed by atoms with Gasteiger partial charge in [0, 0.05) is 6.54 Å². The van der Waals surface area contributed by atoms with E-state index < -0.39 is 0 Å². The lowest BCUT2D eigenvalue weighted by atomic mass is 10.1. The van der Waals surface area contributed by atoms with Gasteiger partial charge in [-0.15, -0.1) is 6.58 Å². The van der Waals surface area contributed by atoms with E-state index in [1.165, 1.54) is 16.7 Å². The van der Waals surface area contributed by atoms with Crippen molar-refractivity contribution < 1.29 is 14.3 Å². The summed E-state index contributed by atoms with van der Waals surface area (Å²) < 4.78 is 12.3. The molecule has 1 fully saturated rings. The lowest BCUT2D eigenvalue weighted by molar-refractivity contribution is -0.121. The highest BCUT2D eigenvalue weighted by Gasteiger charge is 2.31. The first-order valence-corrected chi connectivity index (χ1v) is 11.0. The molecule has 0 spiro atoms. The number of hydrogen-bond donors (Lipinski definition) is 0. The average molecular weight is 460 g/mol. The van der Waals surface area contributed by atoms with Crippen molar-refractivity contribution in [3.8, 4) is 11.5 Å². The Balaban J connectivity index is 1.88. The Hall–Kier alpha value is -2.28. The Morgan fingerprint density at radius 1 is 1.27 bits per heavy atom. The first-order valence-electron chi connectivity index (χ1n) is 9.44. The Morgan fingerprint density at radius 3 is 2.73 bits per heavy atom. The molecule has 1 saturated heterocycles. The number of benzene rings is 2. The predicted molar refractivity (Wildman–Crippen MR) is 128 cm³/mol. The van der Waals surface area contributed by atoms with Crippen molar-refractivity contribution in [1.82, 2.24) is 4.90 Å². The summed E-state index contributed by atoms with van der Waals surface area (Å²) in [5.41, 5.74) is 2.96. The zero-order chi connectivity index (χ0) is 21.7. The van der Waals surface area contributed by atoms with Crippen LogP contribution in [0.3, 0.4) is 0 Å². The van der Waals surface area contributed by atoms with E-state index in [4.69, 9.17) is 33.3 Å². The minimum absolute atomic E-state index is 0.140. The lowest BCUT2D eigenvalue weighted by Gasteiger charge is -2.15. The van der Waals surface area contributed by atoms with E-state index >= 15 is 0 Å². The molecule has 0 saturated carbocycles. The van der Waals surface area contributed by atoms with Crippen molar-refractivity contribution in [3.05, 3.63) is 75.7 Å². The molecule has 0 radical (unpaired) electrons. The number of thiocarbonyl (C=S) groups is 1. The summed E-state index contributed by atoms with van der Waals surface area (Å²) in [7, 11) is 0. The SMILES string of the molecule is C=CCN1C(=O)/C(=C/c2cc(Cl)c(OCc3ccccc3C)c(OCC)c2)SC1=S. The van der Waals surface area contributed by atoms with Gasteiger partial charge in [-0.2, -0.15) is 0 Å². The fourth-order valence-electron chi connectivity index (χ4n) is 2.93. The second kappa shape index (κ2) is 10.2. The fourth-order valence-corrected chi connectivity index (χ4v) is 4.48. The van der Waals surface area contributed by atoms with Crippen LogP contribution < -0.4 is 9.47 Å². The smallest absolute Gasteiger partial charge is 0.266 e. The molecule has 0 bridgehead atoms. The maximum absolute atomic E-state index is 12.6. The van der Waals surface area contributed by atoms with Crippen molar-refractivity contribution in [3.63, 3.8) is 0 Å². The van der Waals surface area contributed by atoms with Crippen molar-refractivity contribution in [1.29, 1.82) is 0 Å². The van der Waals surface area contributed by atoms with Crippen LogP contribution in [0.5, 0.6) is 11.5 Å². The first-order chi connectivity index (χ1) is 14.4. The number of thioether (sulfide) groups is 1. The largest absolute Gasteiger partial charge is 0.490 e. The highest BCUT2D eigenvalue weighted by atomic mass is 35.5. The van der Waals surface area contributed by atoms with Crippen LogP contribution in [0, 0.1) is 6.92 Å². The number of amides is 1. The van der Waals surface area contributed by atoms with Gasteiger partial charge in [0.2, 0.25) is 0 Å². The van der Waals surface area contributed by atoms with E-state index in [1.807, 2.05) is 44.2 Å². The van der Waals surface area contributed by atoms with Crippen LogP contribution in [0.15, 0.2) is 54.0 Å². The van der Waals surface area contributed by atoms with Gasteiger partial charge in [0.25, 0.3) is 5.91 Å². The third-order valence-corrected chi connectivity index (χ3v) is 6.11. The Kier molecular flexibility index (Phi) is 7.58. The quantitative estimate of drug-likeness (QED) is 0.274. The summed E-state index contributed by atoms with van der Waals surface area (Å²) in [5, 5.41) is 0.419. The molecule has 4 nitrogen and oxygen atoms in total. The molecule has 2 aromatic rings. The number of halogens is 1. The lowest BCUT2D eigenvalue weighted by Crippen LogP contribution is -2.27. The number of ether oxygens (including phenoxy) is 2. The molecule has 1 amide bonds. The van der Waals surface area contributed by atoms with E-state index in [0.717, 1.165) is 16.7 Å². The van der Waals surface area contributed by atoms with E-state index in [2.05, 4.69) is 6.58 Å². The van der Waals surface area contributed by atoms with Gasteiger partial charge in [0.1, 0.15) is 10.9 Å². The van der Waals surface area contributed by atoms with Crippen LogP contribution in [0.2, 0.25) is 5.02 Å². The summed E-state index contributed by atoms with van der Waals surface area (Å²) in [6.45, 7) is 8.83. The molecular weight excluding hydrogens is 438 g/mol. The highest BCUT2D eigenvalue weighted by molar-refractivity contribution is 8.26. The molecule has 0 unspecified atom stereocenters. The third-order valence-electron chi connectivity index (χ3n) is 4.45. The van der Waals surface area contributed by atoms with Gasteiger partial charge >= 0.3 is 0 Å². The molecule has 3 rings (SSSR count). The molecule has 156 valence electrons. The van der Waals surface area contributed by atoms with Crippen LogP contribution in [0.25, 0.3) is 6.08 Å². The van der Waals surface area contributed by atoms with Gasteiger partial charge in [-0.05, 0) is 48.7 Å². The number of aryl methyl sites for hydroxylation is 1. The van der Waals surface area contributed by atoms with E-state index in [-0.39, 0.29) is 5.91 Å². The van der Waals surface area contributed by atoms with E-state index in [0.29, 0.717) is 45.5 Å². The number of hydrogen-bond acceptors (Lipinski definition) is 5. The fraction of sp³-hybridized carbons (Fsp3) is 0.217. The van der Waals surface area contributed by atoms with E-state index in [1.54, 1.807) is 18.2 Å². The molecule has 7 heteroatoms. The van der Waals surface area contributed by atoms with Crippen molar-refractivity contribution >= 4 is 51.9 Å². The Labute approximate surface area is 191 Å². The first kappa shape index (κ1) is 22.4. The molecule has 1 aliphatic rings. The second-order valence-electron chi connectivity index (χ2n) is 6.56. The van der Waals surface area contributed by atoms with Crippen molar-refractivity contribution in [2.45, 2.75) is 20.5 Å². The van der Waals surface area contributed by atoms with Crippen molar-refractivity contribution in [2.75, 3.05) is 13.2 Å². The predicted octanol–water partition coefficient (Wildman–Crippen LogP) is 6.01. The molecule has 1 aliphatic heterocycles. The van der Waals surface area contributed by atoms with Crippen molar-refractivity contribution in [2.24, 2.45) is 0 Å². The zero-order valence-corrected chi connectivity index (χ0v) is 19.2.